The van der Waals surface area contributed by atoms with Crippen molar-refractivity contribution in [2.75, 3.05) is 0 Å². The number of aryl methyl sites for hydroxylation is 2. The molecule has 0 amide bonds. The standard InChI is InChI=1S/C17H23FN2S/c1-6-14-15(10-19-17(3,4)5)21-16(20-14)13-9-12(18)8-7-11(13)2/h7-9,19H,6,10H2,1-5H3. The summed E-state index contributed by atoms with van der Waals surface area (Å²) < 4.78 is 13.5. The highest BCUT2D eigenvalue weighted by Crippen LogP contribution is 2.31. The number of aromatic nitrogens is 1. The Hall–Kier alpha value is -1.26. The van der Waals surface area contributed by atoms with E-state index >= 15 is 0 Å². The van der Waals surface area contributed by atoms with Gasteiger partial charge in [-0.3, -0.25) is 0 Å². The molecule has 2 rings (SSSR count). The van der Waals surface area contributed by atoms with Crippen molar-refractivity contribution < 1.29 is 4.39 Å². The van der Waals surface area contributed by atoms with Crippen LogP contribution in [0.5, 0.6) is 0 Å². The van der Waals surface area contributed by atoms with Crippen LogP contribution in [0.15, 0.2) is 18.2 Å². The highest BCUT2D eigenvalue weighted by molar-refractivity contribution is 7.15. The topological polar surface area (TPSA) is 24.9 Å². The Morgan fingerprint density at radius 2 is 2.00 bits per heavy atom. The van der Waals surface area contributed by atoms with Gasteiger partial charge in [0.1, 0.15) is 10.8 Å². The summed E-state index contributed by atoms with van der Waals surface area (Å²) in [4.78, 5) is 5.96. The molecule has 0 spiro atoms. The van der Waals surface area contributed by atoms with Crippen molar-refractivity contribution in [2.24, 2.45) is 0 Å². The van der Waals surface area contributed by atoms with Crippen LogP contribution in [0.2, 0.25) is 0 Å². The van der Waals surface area contributed by atoms with E-state index in [2.05, 4.69) is 33.0 Å². The third-order valence-corrected chi connectivity index (χ3v) is 4.45. The van der Waals surface area contributed by atoms with E-state index in [1.165, 1.54) is 10.9 Å². The lowest BCUT2D eigenvalue weighted by Gasteiger charge is -2.20. The second kappa shape index (κ2) is 6.24. The largest absolute Gasteiger partial charge is 0.307 e. The van der Waals surface area contributed by atoms with Crippen molar-refractivity contribution in [3.8, 4) is 10.6 Å². The van der Waals surface area contributed by atoms with E-state index in [-0.39, 0.29) is 11.4 Å². The fourth-order valence-corrected chi connectivity index (χ4v) is 3.25. The van der Waals surface area contributed by atoms with Crippen LogP contribution >= 0.6 is 11.3 Å². The van der Waals surface area contributed by atoms with Crippen LogP contribution < -0.4 is 5.32 Å². The molecular formula is C17H23FN2S. The van der Waals surface area contributed by atoms with Crippen LogP contribution in [0.25, 0.3) is 10.6 Å². The summed E-state index contributed by atoms with van der Waals surface area (Å²) in [6.45, 7) is 11.4. The van der Waals surface area contributed by atoms with E-state index in [4.69, 9.17) is 4.98 Å². The molecule has 4 heteroatoms. The minimum atomic E-state index is -0.210. The van der Waals surface area contributed by atoms with E-state index in [1.807, 2.05) is 13.0 Å². The SMILES string of the molecule is CCc1nc(-c2cc(F)ccc2C)sc1CNC(C)(C)C. The number of hydrogen-bond acceptors (Lipinski definition) is 3. The van der Waals surface area contributed by atoms with Crippen LogP contribution in [0, 0.1) is 12.7 Å². The molecule has 1 aromatic carbocycles. The number of hydrogen-bond donors (Lipinski definition) is 1. The fraction of sp³-hybridized carbons (Fsp3) is 0.471. The zero-order chi connectivity index (χ0) is 15.6. The second-order valence-electron chi connectivity index (χ2n) is 6.31. The molecule has 21 heavy (non-hydrogen) atoms. The number of rotatable bonds is 4. The van der Waals surface area contributed by atoms with Crippen molar-refractivity contribution in [1.29, 1.82) is 0 Å². The normalized spacial score (nSPS) is 11.9. The summed E-state index contributed by atoms with van der Waals surface area (Å²) in [6, 6.07) is 4.88. The molecule has 0 aliphatic carbocycles. The van der Waals surface area contributed by atoms with Gasteiger partial charge in [0.25, 0.3) is 0 Å². The van der Waals surface area contributed by atoms with Gasteiger partial charge in [0.15, 0.2) is 0 Å². The van der Waals surface area contributed by atoms with Crippen molar-refractivity contribution >= 4 is 11.3 Å². The summed E-state index contributed by atoms with van der Waals surface area (Å²) in [5.41, 5.74) is 3.14. The zero-order valence-corrected chi connectivity index (χ0v) is 14.2. The molecule has 114 valence electrons. The van der Waals surface area contributed by atoms with Gasteiger partial charge in [-0.2, -0.15) is 0 Å². The third kappa shape index (κ3) is 4.11. The Bertz CT molecular complexity index is 626. The van der Waals surface area contributed by atoms with Crippen LogP contribution in [0.3, 0.4) is 0 Å². The van der Waals surface area contributed by atoms with Gasteiger partial charge < -0.3 is 5.32 Å². The summed E-state index contributed by atoms with van der Waals surface area (Å²) in [7, 11) is 0. The third-order valence-electron chi connectivity index (χ3n) is 3.32. The van der Waals surface area contributed by atoms with Gasteiger partial charge in [0, 0.05) is 22.5 Å². The first-order valence-electron chi connectivity index (χ1n) is 7.30. The molecule has 0 saturated carbocycles. The second-order valence-corrected chi connectivity index (χ2v) is 7.39. The Morgan fingerprint density at radius 3 is 2.62 bits per heavy atom. The van der Waals surface area contributed by atoms with Crippen LogP contribution in [0.1, 0.15) is 43.8 Å². The van der Waals surface area contributed by atoms with Crippen LogP contribution in [-0.4, -0.2) is 10.5 Å². The number of benzene rings is 1. The molecule has 0 atom stereocenters. The van der Waals surface area contributed by atoms with Crippen molar-refractivity contribution in [3.05, 3.63) is 40.2 Å². The Morgan fingerprint density at radius 1 is 1.29 bits per heavy atom. The van der Waals surface area contributed by atoms with Gasteiger partial charge in [-0.1, -0.05) is 13.0 Å². The van der Waals surface area contributed by atoms with Gasteiger partial charge in [-0.15, -0.1) is 11.3 Å². The smallest absolute Gasteiger partial charge is 0.124 e. The Kier molecular flexibility index (Phi) is 4.79. The van der Waals surface area contributed by atoms with E-state index in [1.54, 1.807) is 17.4 Å². The van der Waals surface area contributed by atoms with E-state index in [0.29, 0.717) is 0 Å². The molecule has 2 aromatic rings. The van der Waals surface area contributed by atoms with Gasteiger partial charge in [-0.05, 0) is 51.8 Å². The molecule has 0 aliphatic heterocycles. The summed E-state index contributed by atoms with van der Waals surface area (Å²) >= 11 is 1.66. The lowest BCUT2D eigenvalue weighted by Crippen LogP contribution is -2.35. The fourth-order valence-electron chi connectivity index (χ4n) is 2.08. The molecule has 1 heterocycles. The van der Waals surface area contributed by atoms with E-state index in [0.717, 1.165) is 34.8 Å². The Labute approximate surface area is 130 Å². The molecule has 2 nitrogen and oxygen atoms in total. The number of halogens is 1. The summed E-state index contributed by atoms with van der Waals surface area (Å²) in [5, 5.41) is 4.41. The maximum atomic E-state index is 13.5. The van der Waals surface area contributed by atoms with Gasteiger partial charge in [0.05, 0.1) is 5.69 Å². The molecule has 0 saturated heterocycles. The Balaban J connectivity index is 2.34. The molecule has 1 aromatic heterocycles. The van der Waals surface area contributed by atoms with Gasteiger partial charge >= 0.3 is 0 Å². The predicted molar refractivity (Wildman–Crippen MR) is 88.2 cm³/mol. The maximum Gasteiger partial charge on any atom is 0.124 e. The monoisotopic (exact) mass is 306 g/mol. The lowest BCUT2D eigenvalue weighted by molar-refractivity contribution is 0.425. The maximum absolute atomic E-state index is 13.5. The van der Waals surface area contributed by atoms with Gasteiger partial charge in [-0.25, -0.2) is 9.37 Å². The molecule has 0 unspecified atom stereocenters. The number of nitrogens with zero attached hydrogens (tertiary/aromatic N) is 1. The highest BCUT2D eigenvalue weighted by atomic mass is 32.1. The first-order valence-corrected chi connectivity index (χ1v) is 8.12. The predicted octanol–water partition coefficient (Wildman–Crippen LogP) is 4.71. The molecule has 1 N–H and O–H groups in total. The van der Waals surface area contributed by atoms with Crippen molar-refractivity contribution in [3.63, 3.8) is 0 Å². The molecule has 0 bridgehead atoms. The number of thiazole rings is 1. The first kappa shape index (κ1) is 16.1. The average Bonchev–Trinajstić information content (AvgIpc) is 2.81. The quantitative estimate of drug-likeness (QED) is 0.885. The average molecular weight is 306 g/mol. The lowest BCUT2D eigenvalue weighted by atomic mass is 10.1. The molecule has 0 aliphatic rings. The van der Waals surface area contributed by atoms with Crippen LogP contribution in [-0.2, 0) is 13.0 Å². The van der Waals surface area contributed by atoms with E-state index in [9.17, 15) is 4.39 Å². The zero-order valence-electron chi connectivity index (χ0n) is 13.4. The van der Waals surface area contributed by atoms with Crippen LogP contribution in [0.4, 0.5) is 4.39 Å². The van der Waals surface area contributed by atoms with Gasteiger partial charge in [0.2, 0.25) is 0 Å². The van der Waals surface area contributed by atoms with Crippen molar-refractivity contribution in [2.45, 2.75) is 53.1 Å². The first-order chi connectivity index (χ1) is 9.80. The minimum Gasteiger partial charge on any atom is -0.307 e. The van der Waals surface area contributed by atoms with Crippen molar-refractivity contribution in [1.82, 2.24) is 10.3 Å². The highest BCUT2D eigenvalue weighted by Gasteiger charge is 2.16. The summed E-state index contributed by atoms with van der Waals surface area (Å²) in [5.74, 6) is -0.210. The minimum absolute atomic E-state index is 0.0733. The van der Waals surface area contributed by atoms with E-state index < -0.39 is 0 Å². The molecular weight excluding hydrogens is 283 g/mol. The molecule has 0 fully saturated rings. The molecule has 0 radical (unpaired) electrons. The number of nitrogens with one attached hydrogen (secondary N) is 1. The summed E-state index contributed by atoms with van der Waals surface area (Å²) in [6.07, 6.45) is 0.895.